The first kappa shape index (κ1) is 18.4. The lowest BCUT2D eigenvalue weighted by Gasteiger charge is -2.19. The number of benzene rings is 2. The zero-order valence-electron chi connectivity index (χ0n) is 16.1. The van der Waals surface area contributed by atoms with Gasteiger partial charge < -0.3 is 9.88 Å². The SMILES string of the molecule is CC(C)(C)c1ccc(-c2nc3ccccc3n2CC(=O)Nc2nccs2)cc1. The van der Waals surface area contributed by atoms with Gasteiger partial charge in [-0.15, -0.1) is 11.3 Å². The molecule has 28 heavy (non-hydrogen) atoms. The van der Waals surface area contributed by atoms with Crippen LogP contribution in [0, 0.1) is 0 Å². The van der Waals surface area contributed by atoms with Crippen molar-refractivity contribution in [2.24, 2.45) is 0 Å². The first-order chi connectivity index (χ1) is 13.4. The summed E-state index contributed by atoms with van der Waals surface area (Å²) in [5, 5.41) is 5.29. The molecule has 0 aliphatic heterocycles. The van der Waals surface area contributed by atoms with E-state index in [1.54, 1.807) is 6.20 Å². The molecule has 0 aliphatic rings. The van der Waals surface area contributed by atoms with Crippen LogP contribution >= 0.6 is 11.3 Å². The molecule has 0 saturated heterocycles. The van der Waals surface area contributed by atoms with Crippen LogP contribution in [0.2, 0.25) is 0 Å². The van der Waals surface area contributed by atoms with Crippen LogP contribution in [0.5, 0.6) is 0 Å². The topological polar surface area (TPSA) is 59.8 Å². The van der Waals surface area contributed by atoms with E-state index in [1.165, 1.54) is 16.9 Å². The van der Waals surface area contributed by atoms with Gasteiger partial charge in [0, 0.05) is 17.1 Å². The summed E-state index contributed by atoms with van der Waals surface area (Å²) < 4.78 is 1.96. The second kappa shape index (κ2) is 7.20. The second-order valence-electron chi connectivity index (χ2n) is 7.72. The standard InChI is InChI=1S/C22H22N4OS/c1-22(2,3)16-10-8-15(9-11-16)20-24-17-6-4-5-7-18(17)26(20)14-19(27)25-21-23-12-13-28-21/h4-13H,14H2,1-3H3,(H,23,25,27). The van der Waals surface area contributed by atoms with Gasteiger partial charge in [-0.05, 0) is 23.1 Å². The molecular weight excluding hydrogens is 368 g/mol. The van der Waals surface area contributed by atoms with Crippen molar-refractivity contribution in [1.29, 1.82) is 0 Å². The monoisotopic (exact) mass is 390 g/mol. The zero-order chi connectivity index (χ0) is 19.7. The van der Waals surface area contributed by atoms with Gasteiger partial charge >= 0.3 is 0 Å². The van der Waals surface area contributed by atoms with E-state index in [2.05, 4.69) is 55.3 Å². The van der Waals surface area contributed by atoms with Crippen molar-refractivity contribution in [3.05, 3.63) is 65.7 Å². The Morgan fingerprint density at radius 3 is 2.54 bits per heavy atom. The van der Waals surface area contributed by atoms with Crippen LogP contribution in [0.1, 0.15) is 26.3 Å². The highest BCUT2D eigenvalue weighted by Gasteiger charge is 2.17. The average Bonchev–Trinajstić information content (AvgIpc) is 3.29. The average molecular weight is 391 g/mol. The summed E-state index contributed by atoms with van der Waals surface area (Å²) in [6.07, 6.45) is 1.68. The van der Waals surface area contributed by atoms with E-state index in [0.717, 1.165) is 22.4 Å². The van der Waals surface area contributed by atoms with Gasteiger partial charge in [0.2, 0.25) is 5.91 Å². The lowest BCUT2D eigenvalue weighted by atomic mass is 9.87. The van der Waals surface area contributed by atoms with Crippen LogP contribution in [0.4, 0.5) is 5.13 Å². The molecule has 142 valence electrons. The molecule has 0 radical (unpaired) electrons. The van der Waals surface area contributed by atoms with Crippen molar-refractivity contribution >= 4 is 33.4 Å². The summed E-state index contributed by atoms with van der Waals surface area (Å²) in [5.41, 5.74) is 4.16. The van der Waals surface area contributed by atoms with Gasteiger partial charge in [0.15, 0.2) is 5.13 Å². The highest BCUT2D eigenvalue weighted by Crippen LogP contribution is 2.28. The molecule has 4 aromatic rings. The largest absolute Gasteiger partial charge is 0.314 e. The first-order valence-corrected chi connectivity index (χ1v) is 10.1. The van der Waals surface area contributed by atoms with Gasteiger partial charge in [-0.1, -0.05) is 57.2 Å². The maximum Gasteiger partial charge on any atom is 0.246 e. The second-order valence-corrected chi connectivity index (χ2v) is 8.62. The highest BCUT2D eigenvalue weighted by molar-refractivity contribution is 7.13. The Kier molecular flexibility index (Phi) is 4.73. The van der Waals surface area contributed by atoms with Crippen LogP contribution < -0.4 is 5.32 Å². The Morgan fingerprint density at radius 1 is 1.11 bits per heavy atom. The van der Waals surface area contributed by atoms with Gasteiger partial charge in [0.1, 0.15) is 12.4 Å². The van der Waals surface area contributed by atoms with Crippen molar-refractivity contribution in [3.63, 3.8) is 0 Å². The number of amides is 1. The maximum atomic E-state index is 12.6. The third-order valence-electron chi connectivity index (χ3n) is 4.64. The van der Waals surface area contributed by atoms with Gasteiger partial charge in [-0.3, -0.25) is 4.79 Å². The Balaban J connectivity index is 1.72. The van der Waals surface area contributed by atoms with Crippen LogP contribution in [0.25, 0.3) is 22.4 Å². The first-order valence-electron chi connectivity index (χ1n) is 9.17. The van der Waals surface area contributed by atoms with Crippen LogP contribution in [-0.2, 0) is 16.8 Å². The fraction of sp³-hybridized carbons (Fsp3) is 0.227. The number of anilines is 1. The van der Waals surface area contributed by atoms with E-state index in [-0.39, 0.29) is 17.9 Å². The summed E-state index contributed by atoms with van der Waals surface area (Å²) >= 11 is 1.40. The van der Waals surface area contributed by atoms with Crippen molar-refractivity contribution in [2.45, 2.75) is 32.7 Å². The number of aromatic nitrogens is 3. The molecule has 4 rings (SSSR count). The highest BCUT2D eigenvalue weighted by atomic mass is 32.1. The predicted molar refractivity (Wildman–Crippen MR) is 115 cm³/mol. The minimum atomic E-state index is -0.120. The van der Waals surface area contributed by atoms with Crippen LogP contribution in [0.15, 0.2) is 60.1 Å². The molecule has 0 fully saturated rings. The summed E-state index contributed by atoms with van der Waals surface area (Å²) in [5.74, 6) is 0.668. The van der Waals surface area contributed by atoms with Crippen molar-refractivity contribution in [2.75, 3.05) is 5.32 Å². The number of fused-ring (bicyclic) bond motifs is 1. The van der Waals surface area contributed by atoms with Crippen LogP contribution in [0.3, 0.4) is 0 Å². The van der Waals surface area contributed by atoms with Gasteiger partial charge in [0.25, 0.3) is 0 Å². The van der Waals surface area contributed by atoms with E-state index < -0.39 is 0 Å². The van der Waals surface area contributed by atoms with Gasteiger partial charge in [-0.25, -0.2) is 9.97 Å². The molecule has 0 saturated carbocycles. The molecule has 2 aromatic heterocycles. The molecule has 2 aromatic carbocycles. The normalized spacial score (nSPS) is 11.7. The summed E-state index contributed by atoms with van der Waals surface area (Å²) in [7, 11) is 0. The van der Waals surface area contributed by atoms with Gasteiger partial charge in [-0.2, -0.15) is 0 Å². The van der Waals surface area contributed by atoms with E-state index >= 15 is 0 Å². The minimum Gasteiger partial charge on any atom is -0.314 e. The fourth-order valence-corrected chi connectivity index (χ4v) is 3.71. The molecule has 2 heterocycles. The lowest BCUT2D eigenvalue weighted by molar-refractivity contribution is -0.116. The number of para-hydroxylation sites is 2. The number of carbonyl (C=O) groups is 1. The van der Waals surface area contributed by atoms with Crippen LogP contribution in [-0.4, -0.2) is 20.4 Å². The Labute approximate surface area is 168 Å². The van der Waals surface area contributed by atoms with E-state index in [9.17, 15) is 4.79 Å². The maximum absolute atomic E-state index is 12.6. The number of thiazole rings is 1. The van der Waals surface area contributed by atoms with Crippen molar-refractivity contribution < 1.29 is 4.79 Å². The number of hydrogen-bond acceptors (Lipinski definition) is 4. The summed E-state index contributed by atoms with van der Waals surface area (Å²) in [4.78, 5) is 21.5. The minimum absolute atomic E-state index is 0.0895. The Bertz CT molecular complexity index is 1110. The number of carbonyl (C=O) groups excluding carboxylic acids is 1. The third-order valence-corrected chi connectivity index (χ3v) is 5.33. The fourth-order valence-electron chi connectivity index (χ4n) is 3.16. The molecule has 0 aliphatic carbocycles. The van der Waals surface area contributed by atoms with Crippen molar-refractivity contribution in [1.82, 2.24) is 14.5 Å². The molecule has 0 unspecified atom stereocenters. The Hall–Kier alpha value is -2.99. The van der Waals surface area contributed by atoms with Crippen molar-refractivity contribution in [3.8, 4) is 11.4 Å². The molecule has 0 atom stereocenters. The summed E-state index contributed by atoms with van der Waals surface area (Å²) in [6.45, 7) is 6.76. The van der Waals surface area contributed by atoms with Gasteiger partial charge in [0.05, 0.1) is 11.0 Å². The molecule has 5 nitrogen and oxygen atoms in total. The quantitative estimate of drug-likeness (QED) is 0.528. The number of hydrogen-bond donors (Lipinski definition) is 1. The molecule has 1 amide bonds. The van der Waals surface area contributed by atoms with E-state index in [1.807, 2.05) is 34.2 Å². The number of rotatable bonds is 4. The molecule has 0 bridgehead atoms. The third kappa shape index (κ3) is 3.68. The number of imidazole rings is 1. The zero-order valence-corrected chi connectivity index (χ0v) is 17.0. The Morgan fingerprint density at radius 2 is 1.86 bits per heavy atom. The predicted octanol–water partition coefficient (Wildman–Crippen LogP) is 5.10. The number of nitrogens with zero attached hydrogens (tertiary/aromatic N) is 3. The number of nitrogens with one attached hydrogen (secondary N) is 1. The molecule has 6 heteroatoms. The van der Waals surface area contributed by atoms with E-state index in [0.29, 0.717) is 5.13 Å². The molecular formula is C22H22N4OS. The summed E-state index contributed by atoms with van der Waals surface area (Å²) in [6, 6.07) is 16.3. The molecule has 0 spiro atoms. The molecule has 1 N–H and O–H groups in total. The smallest absolute Gasteiger partial charge is 0.246 e. The lowest BCUT2D eigenvalue weighted by Crippen LogP contribution is -2.19. The van der Waals surface area contributed by atoms with E-state index in [4.69, 9.17) is 4.98 Å².